The molecule has 1 aromatic carbocycles. The molecular weight excluding hydrogens is 344 g/mol. The molecule has 25 heavy (non-hydrogen) atoms. The molecule has 2 aromatic rings. The minimum absolute atomic E-state index is 0.0560. The predicted octanol–water partition coefficient (Wildman–Crippen LogP) is 0.591. The lowest BCUT2D eigenvalue weighted by atomic mass is 10.1. The molecule has 0 aliphatic carbocycles. The van der Waals surface area contributed by atoms with Crippen LogP contribution >= 0.6 is 0 Å². The van der Waals surface area contributed by atoms with Crippen LogP contribution in [-0.4, -0.2) is 50.4 Å². The minimum atomic E-state index is -3.75. The van der Waals surface area contributed by atoms with Gasteiger partial charge in [0.25, 0.3) is 5.56 Å². The maximum absolute atomic E-state index is 13.0. The van der Waals surface area contributed by atoms with Gasteiger partial charge in [0, 0.05) is 26.2 Å². The molecule has 0 saturated carbocycles. The van der Waals surface area contributed by atoms with Gasteiger partial charge in [0.05, 0.1) is 19.3 Å². The van der Waals surface area contributed by atoms with Gasteiger partial charge in [-0.1, -0.05) is 12.1 Å². The molecular formula is C16H20N4O4S. The van der Waals surface area contributed by atoms with Gasteiger partial charge in [-0.05, 0) is 18.6 Å². The zero-order chi connectivity index (χ0) is 18.2. The number of nitrogens with zero attached hydrogens (tertiary/aromatic N) is 3. The highest BCUT2D eigenvalue weighted by Gasteiger charge is 2.32. The lowest BCUT2D eigenvalue weighted by molar-refractivity contribution is 0.373. The van der Waals surface area contributed by atoms with Crippen LogP contribution in [0.25, 0.3) is 0 Å². The molecule has 0 atom stereocenters. The number of methoxy groups -OCH3 is 1. The Morgan fingerprint density at radius 2 is 2.00 bits per heavy atom. The fraction of sp³-hybridized carbons (Fsp3) is 0.375. The molecule has 0 spiro atoms. The van der Waals surface area contributed by atoms with Gasteiger partial charge in [0.15, 0.2) is 0 Å². The van der Waals surface area contributed by atoms with E-state index in [9.17, 15) is 13.2 Å². The van der Waals surface area contributed by atoms with Crippen LogP contribution in [-0.2, 0) is 23.0 Å². The summed E-state index contributed by atoms with van der Waals surface area (Å²) in [6.07, 6.45) is 0.319. The number of hydrogen-bond donors (Lipinski definition) is 1. The van der Waals surface area contributed by atoms with Crippen LogP contribution < -0.4 is 15.2 Å². The summed E-state index contributed by atoms with van der Waals surface area (Å²) in [5.74, 6) is 0.696. The van der Waals surface area contributed by atoms with Crippen molar-refractivity contribution >= 4 is 16.0 Å². The Kier molecular flexibility index (Phi) is 4.53. The quantitative estimate of drug-likeness (QED) is 0.853. The summed E-state index contributed by atoms with van der Waals surface area (Å²) in [4.78, 5) is 21.1. The van der Waals surface area contributed by atoms with Crippen LogP contribution in [0.2, 0.25) is 0 Å². The average Bonchev–Trinajstić information content (AvgIpc) is 2.61. The van der Waals surface area contributed by atoms with Gasteiger partial charge in [0.2, 0.25) is 16.0 Å². The Morgan fingerprint density at radius 3 is 2.68 bits per heavy atom. The number of anilines is 1. The smallest absolute Gasteiger partial charge is 0.255 e. The van der Waals surface area contributed by atoms with E-state index in [0.29, 0.717) is 29.4 Å². The molecule has 0 saturated heterocycles. The van der Waals surface area contributed by atoms with Gasteiger partial charge in [-0.2, -0.15) is 4.31 Å². The van der Waals surface area contributed by atoms with Crippen molar-refractivity contribution in [1.82, 2.24) is 14.3 Å². The summed E-state index contributed by atoms with van der Waals surface area (Å²) in [6, 6.07) is 6.49. The normalized spacial score (nSPS) is 14.8. The number of fused-ring (bicyclic) bond motifs is 1. The highest BCUT2D eigenvalue weighted by Crippen LogP contribution is 2.29. The standard InChI is InChI=1S/C16H20N4O4S/c1-19(2)16-17-12-10-20(9-8-11(12)15(21)18-16)25(22,23)14-7-5-4-6-13(14)24-3/h4-7H,8-10H2,1-3H3,(H,17,18,21). The average molecular weight is 364 g/mol. The van der Waals surface area contributed by atoms with Crippen molar-refractivity contribution in [2.75, 3.05) is 32.6 Å². The first kappa shape index (κ1) is 17.4. The van der Waals surface area contributed by atoms with Crippen LogP contribution in [0.3, 0.4) is 0 Å². The zero-order valence-corrected chi connectivity index (χ0v) is 15.1. The molecule has 1 aromatic heterocycles. The third-order valence-corrected chi connectivity index (χ3v) is 6.02. The van der Waals surface area contributed by atoms with E-state index >= 15 is 0 Å². The molecule has 0 radical (unpaired) electrons. The van der Waals surface area contributed by atoms with Crippen LogP contribution in [0.15, 0.2) is 34.0 Å². The van der Waals surface area contributed by atoms with E-state index in [1.54, 1.807) is 37.2 Å². The van der Waals surface area contributed by atoms with E-state index in [-0.39, 0.29) is 23.5 Å². The summed E-state index contributed by atoms with van der Waals surface area (Å²) in [5, 5.41) is 0. The molecule has 1 N–H and O–H groups in total. The number of H-pyrrole nitrogens is 1. The Balaban J connectivity index is 2.01. The summed E-state index contributed by atoms with van der Waals surface area (Å²) in [6.45, 7) is 0.278. The van der Waals surface area contributed by atoms with E-state index in [0.717, 1.165) is 0 Å². The number of hydrogen-bond acceptors (Lipinski definition) is 6. The number of para-hydroxylation sites is 1. The Bertz CT molecular complexity index is 953. The van der Waals surface area contributed by atoms with E-state index < -0.39 is 10.0 Å². The third-order valence-electron chi connectivity index (χ3n) is 4.14. The summed E-state index contributed by atoms with van der Waals surface area (Å²) < 4.78 is 32.5. The number of ether oxygens (including phenoxy) is 1. The van der Waals surface area contributed by atoms with Crippen molar-refractivity contribution in [3.8, 4) is 5.75 Å². The third kappa shape index (κ3) is 3.12. The highest BCUT2D eigenvalue weighted by molar-refractivity contribution is 7.89. The van der Waals surface area contributed by atoms with Crippen molar-refractivity contribution in [2.24, 2.45) is 0 Å². The molecule has 2 heterocycles. The van der Waals surface area contributed by atoms with Gasteiger partial charge < -0.3 is 9.64 Å². The van der Waals surface area contributed by atoms with E-state index in [1.165, 1.54) is 17.5 Å². The number of nitrogens with one attached hydrogen (secondary N) is 1. The maximum atomic E-state index is 13.0. The topological polar surface area (TPSA) is 95.6 Å². The molecule has 0 fully saturated rings. The second kappa shape index (κ2) is 6.49. The van der Waals surface area contributed by atoms with Crippen LogP contribution in [0, 0.1) is 0 Å². The largest absolute Gasteiger partial charge is 0.495 e. The molecule has 8 nitrogen and oxygen atoms in total. The number of aromatic amines is 1. The monoisotopic (exact) mass is 364 g/mol. The van der Waals surface area contributed by atoms with Gasteiger partial charge in [-0.25, -0.2) is 13.4 Å². The zero-order valence-electron chi connectivity index (χ0n) is 14.3. The molecule has 134 valence electrons. The van der Waals surface area contributed by atoms with Crippen molar-refractivity contribution in [3.05, 3.63) is 45.9 Å². The van der Waals surface area contributed by atoms with E-state index in [2.05, 4.69) is 9.97 Å². The van der Waals surface area contributed by atoms with Gasteiger partial charge in [0.1, 0.15) is 10.6 Å². The van der Waals surface area contributed by atoms with Gasteiger partial charge in [-0.3, -0.25) is 9.78 Å². The van der Waals surface area contributed by atoms with Crippen LogP contribution in [0.5, 0.6) is 5.75 Å². The summed E-state index contributed by atoms with van der Waals surface area (Å²) in [5.41, 5.74) is 0.803. The van der Waals surface area contributed by atoms with E-state index in [1.807, 2.05) is 0 Å². The van der Waals surface area contributed by atoms with Crippen LogP contribution in [0.1, 0.15) is 11.3 Å². The second-order valence-corrected chi connectivity index (χ2v) is 7.86. The minimum Gasteiger partial charge on any atom is -0.495 e. The SMILES string of the molecule is COc1ccccc1S(=O)(=O)N1CCc2c(nc(N(C)C)[nH]c2=O)C1. The van der Waals surface area contributed by atoms with Crippen molar-refractivity contribution < 1.29 is 13.2 Å². The Labute approximate surface area is 146 Å². The number of aromatic nitrogens is 2. The molecule has 0 bridgehead atoms. The van der Waals surface area contributed by atoms with Crippen molar-refractivity contribution in [2.45, 2.75) is 17.9 Å². The molecule has 0 unspecified atom stereocenters. The molecule has 9 heteroatoms. The number of benzene rings is 1. The molecule has 1 aliphatic heterocycles. The lowest BCUT2D eigenvalue weighted by Crippen LogP contribution is -2.39. The molecule has 0 amide bonds. The second-order valence-electron chi connectivity index (χ2n) is 5.95. The number of rotatable bonds is 4. The summed E-state index contributed by atoms with van der Waals surface area (Å²) >= 11 is 0. The van der Waals surface area contributed by atoms with Gasteiger partial charge >= 0.3 is 0 Å². The highest BCUT2D eigenvalue weighted by atomic mass is 32.2. The number of sulfonamides is 1. The first-order valence-corrected chi connectivity index (χ1v) is 9.21. The lowest BCUT2D eigenvalue weighted by Gasteiger charge is -2.28. The van der Waals surface area contributed by atoms with E-state index in [4.69, 9.17) is 4.74 Å². The molecule has 3 rings (SSSR count). The molecule has 1 aliphatic rings. The fourth-order valence-electron chi connectivity index (χ4n) is 2.79. The Hall–Kier alpha value is -2.39. The fourth-order valence-corrected chi connectivity index (χ4v) is 4.35. The Morgan fingerprint density at radius 1 is 1.28 bits per heavy atom. The van der Waals surface area contributed by atoms with Crippen molar-refractivity contribution in [3.63, 3.8) is 0 Å². The van der Waals surface area contributed by atoms with Crippen LogP contribution in [0.4, 0.5) is 5.95 Å². The van der Waals surface area contributed by atoms with Crippen molar-refractivity contribution in [1.29, 1.82) is 0 Å². The summed E-state index contributed by atoms with van der Waals surface area (Å²) in [7, 11) is 1.21. The first-order valence-electron chi connectivity index (χ1n) is 7.77. The van der Waals surface area contributed by atoms with Gasteiger partial charge in [-0.15, -0.1) is 0 Å². The maximum Gasteiger partial charge on any atom is 0.255 e. The predicted molar refractivity (Wildman–Crippen MR) is 93.5 cm³/mol. The first-order chi connectivity index (χ1) is 11.8.